The standard InChI is InChI=1S/C12H13F3N2/c1-7(16-2)10-5-8-3-4-9(12(13,14)15)6-11(8)17-10/h3-7,16-17H,1-2H3. The van der Waals surface area contributed by atoms with E-state index in [1.54, 1.807) is 7.05 Å². The summed E-state index contributed by atoms with van der Waals surface area (Å²) in [6, 6.07) is 5.67. The van der Waals surface area contributed by atoms with E-state index in [-0.39, 0.29) is 6.04 Å². The fourth-order valence-electron chi connectivity index (χ4n) is 1.71. The monoisotopic (exact) mass is 242 g/mol. The molecule has 0 bridgehead atoms. The predicted octanol–water partition coefficient (Wildman–Crippen LogP) is 3.47. The quantitative estimate of drug-likeness (QED) is 0.829. The Bertz CT molecular complexity index is 528. The maximum Gasteiger partial charge on any atom is 0.416 e. The highest BCUT2D eigenvalue weighted by atomic mass is 19.4. The van der Waals surface area contributed by atoms with Crippen LogP contribution in [0.1, 0.15) is 24.2 Å². The van der Waals surface area contributed by atoms with Crippen molar-refractivity contribution in [2.24, 2.45) is 0 Å². The van der Waals surface area contributed by atoms with Crippen LogP contribution in [0, 0.1) is 0 Å². The van der Waals surface area contributed by atoms with Crippen molar-refractivity contribution in [1.29, 1.82) is 0 Å². The zero-order valence-electron chi connectivity index (χ0n) is 9.52. The van der Waals surface area contributed by atoms with Gasteiger partial charge in [0.05, 0.1) is 5.56 Å². The minimum Gasteiger partial charge on any atom is -0.357 e. The highest BCUT2D eigenvalue weighted by molar-refractivity contribution is 5.81. The van der Waals surface area contributed by atoms with Crippen LogP contribution in [0.5, 0.6) is 0 Å². The lowest BCUT2D eigenvalue weighted by Crippen LogP contribution is -2.12. The van der Waals surface area contributed by atoms with E-state index in [1.165, 1.54) is 6.07 Å². The van der Waals surface area contributed by atoms with Gasteiger partial charge in [-0.25, -0.2) is 0 Å². The lowest BCUT2D eigenvalue weighted by atomic mass is 10.1. The van der Waals surface area contributed by atoms with E-state index < -0.39 is 11.7 Å². The van der Waals surface area contributed by atoms with Crippen molar-refractivity contribution >= 4 is 10.9 Å². The van der Waals surface area contributed by atoms with Crippen LogP contribution in [0.15, 0.2) is 24.3 Å². The zero-order chi connectivity index (χ0) is 12.6. The molecular formula is C12H13F3N2. The predicted molar refractivity (Wildman–Crippen MR) is 60.8 cm³/mol. The molecule has 1 heterocycles. The lowest BCUT2D eigenvalue weighted by Gasteiger charge is -2.06. The molecule has 1 atom stereocenters. The molecule has 92 valence electrons. The molecule has 0 aliphatic rings. The van der Waals surface area contributed by atoms with Crippen LogP contribution in [-0.2, 0) is 6.18 Å². The number of aromatic nitrogens is 1. The Labute approximate surface area is 96.8 Å². The van der Waals surface area contributed by atoms with E-state index in [0.29, 0.717) is 5.52 Å². The van der Waals surface area contributed by atoms with Crippen molar-refractivity contribution < 1.29 is 13.2 Å². The van der Waals surface area contributed by atoms with E-state index in [4.69, 9.17) is 0 Å². The van der Waals surface area contributed by atoms with Crippen LogP contribution in [-0.4, -0.2) is 12.0 Å². The summed E-state index contributed by atoms with van der Waals surface area (Å²) in [5.74, 6) is 0. The second-order valence-electron chi connectivity index (χ2n) is 4.03. The number of halogens is 3. The molecular weight excluding hydrogens is 229 g/mol. The normalized spacial score (nSPS) is 14.2. The minimum absolute atomic E-state index is 0.0803. The largest absolute Gasteiger partial charge is 0.416 e. The first-order valence-corrected chi connectivity index (χ1v) is 5.29. The Morgan fingerprint density at radius 2 is 1.94 bits per heavy atom. The number of H-pyrrole nitrogens is 1. The van der Waals surface area contributed by atoms with Gasteiger partial charge in [0, 0.05) is 17.3 Å². The minimum atomic E-state index is -4.30. The van der Waals surface area contributed by atoms with Gasteiger partial charge >= 0.3 is 6.18 Å². The SMILES string of the molecule is CNC(C)c1cc2ccc(C(F)(F)F)cc2[nH]1. The molecule has 2 N–H and O–H groups in total. The molecule has 2 aromatic rings. The Morgan fingerprint density at radius 3 is 2.53 bits per heavy atom. The van der Waals surface area contributed by atoms with Crippen molar-refractivity contribution in [3.8, 4) is 0 Å². The Morgan fingerprint density at radius 1 is 1.24 bits per heavy atom. The van der Waals surface area contributed by atoms with Gasteiger partial charge in [0.1, 0.15) is 0 Å². The third-order valence-corrected chi connectivity index (χ3v) is 2.87. The van der Waals surface area contributed by atoms with Crippen molar-refractivity contribution in [2.45, 2.75) is 19.1 Å². The van der Waals surface area contributed by atoms with Gasteiger partial charge in [-0.2, -0.15) is 13.2 Å². The van der Waals surface area contributed by atoms with Crippen LogP contribution in [0.2, 0.25) is 0 Å². The Kier molecular flexibility index (Phi) is 2.87. The third kappa shape index (κ3) is 2.29. The van der Waals surface area contributed by atoms with Crippen molar-refractivity contribution in [3.05, 3.63) is 35.5 Å². The molecule has 1 unspecified atom stereocenters. The van der Waals surface area contributed by atoms with E-state index in [0.717, 1.165) is 23.2 Å². The van der Waals surface area contributed by atoms with E-state index in [2.05, 4.69) is 10.3 Å². The first-order valence-electron chi connectivity index (χ1n) is 5.29. The summed E-state index contributed by atoms with van der Waals surface area (Å²) in [7, 11) is 1.80. The summed E-state index contributed by atoms with van der Waals surface area (Å²) in [6.07, 6.45) is -4.30. The molecule has 0 amide bonds. The molecule has 2 nitrogen and oxygen atoms in total. The maximum absolute atomic E-state index is 12.5. The number of hydrogen-bond acceptors (Lipinski definition) is 1. The first kappa shape index (κ1) is 12.0. The van der Waals surface area contributed by atoms with Gasteiger partial charge in [0.25, 0.3) is 0 Å². The number of aromatic amines is 1. The number of alkyl halides is 3. The maximum atomic E-state index is 12.5. The fourth-order valence-corrected chi connectivity index (χ4v) is 1.71. The van der Waals surface area contributed by atoms with E-state index in [1.807, 2.05) is 13.0 Å². The van der Waals surface area contributed by atoms with Crippen LogP contribution in [0.3, 0.4) is 0 Å². The molecule has 5 heteroatoms. The molecule has 0 radical (unpaired) electrons. The van der Waals surface area contributed by atoms with Crippen molar-refractivity contribution in [3.63, 3.8) is 0 Å². The zero-order valence-corrected chi connectivity index (χ0v) is 9.52. The van der Waals surface area contributed by atoms with Crippen LogP contribution < -0.4 is 5.32 Å². The smallest absolute Gasteiger partial charge is 0.357 e. The van der Waals surface area contributed by atoms with Gasteiger partial charge in [-0.1, -0.05) is 6.07 Å². The summed E-state index contributed by atoms with van der Waals surface area (Å²) in [5.41, 5.74) is 0.759. The Hall–Kier alpha value is -1.49. The molecule has 0 aliphatic carbocycles. The second-order valence-corrected chi connectivity index (χ2v) is 4.03. The average Bonchev–Trinajstić information content (AvgIpc) is 2.69. The third-order valence-electron chi connectivity index (χ3n) is 2.87. The lowest BCUT2D eigenvalue weighted by molar-refractivity contribution is -0.137. The molecule has 17 heavy (non-hydrogen) atoms. The molecule has 0 saturated heterocycles. The van der Waals surface area contributed by atoms with Gasteiger partial charge in [0.2, 0.25) is 0 Å². The number of nitrogens with one attached hydrogen (secondary N) is 2. The van der Waals surface area contributed by atoms with Crippen LogP contribution >= 0.6 is 0 Å². The molecule has 0 spiro atoms. The molecule has 1 aromatic heterocycles. The van der Waals surface area contributed by atoms with Crippen molar-refractivity contribution in [2.75, 3.05) is 7.05 Å². The number of fused-ring (bicyclic) bond motifs is 1. The highest BCUT2D eigenvalue weighted by Gasteiger charge is 2.30. The van der Waals surface area contributed by atoms with Crippen molar-refractivity contribution in [1.82, 2.24) is 10.3 Å². The summed E-state index contributed by atoms with van der Waals surface area (Å²) >= 11 is 0. The molecule has 0 saturated carbocycles. The van der Waals surface area contributed by atoms with Gasteiger partial charge in [-0.15, -0.1) is 0 Å². The van der Waals surface area contributed by atoms with E-state index >= 15 is 0 Å². The molecule has 2 rings (SSSR count). The Balaban J connectivity index is 2.48. The van der Waals surface area contributed by atoms with Gasteiger partial charge in [-0.3, -0.25) is 0 Å². The van der Waals surface area contributed by atoms with Crippen LogP contribution in [0.4, 0.5) is 13.2 Å². The molecule has 0 fully saturated rings. The number of benzene rings is 1. The van der Waals surface area contributed by atoms with Gasteiger partial charge in [-0.05, 0) is 37.6 Å². The summed E-state index contributed by atoms with van der Waals surface area (Å²) < 4.78 is 37.6. The van der Waals surface area contributed by atoms with Crippen LogP contribution in [0.25, 0.3) is 10.9 Å². The molecule has 0 aliphatic heterocycles. The summed E-state index contributed by atoms with van der Waals surface area (Å²) in [4.78, 5) is 3.00. The summed E-state index contributed by atoms with van der Waals surface area (Å²) in [6.45, 7) is 1.94. The fraction of sp³-hybridized carbons (Fsp3) is 0.333. The first-order chi connectivity index (χ1) is 7.91. The second kappa shape index (κ2) is 4.07. The molecule has 1 aromatic carbocycles. The number of hydrogen-bond donors (Lipinski definition) is 2. The summed E-state index contributed by atoms with van der Waals surface area (Å²) in [5, 5.41) is 3.82. The highest BCUT2D eigenvalue weighted by Crippen LogP contribution is 2.31. The van der Waals surface area contributed by atoms with Gasteiger partial charge in [0.15, 0.2) is 0 Å². The van der Waals surface area contributed by atoms with Gasteiger partial charge < -0.3 is 10.3 Å². The topological polar surface area (TPSA) is 27.8 Å². The average molecular weight is 242 g/mol. The van der Waals surface area contributed by atoms with E-state index in [9.17, 15) is 13.2 Å². The number of rotatable bonds is 2.